The second-order valence-electron chi connectivity index (χ2n) is 14.9. The summed E-state index contributed by atoms with van der Waals surface area (Å²) in [6.07, 6.45) is 1.69. The molecule has 0 aliphatic carbocycles. The number of carbonyl (C=O) groups excluding carboxylic acids is 4. The van der Waals surface area contributed by atoms with Crippen LogP contribution >= 0.6 is 0 Å². The van der Waals surface area contributed by atoms with Crippen molar-refractivity contribution in [2.75, 3.05) is 11.4 Å². The molecule has 4 amide bonds. The highest BCUT2D eigenvalue weighted by Gasteiger charge is 2.38. The van der Waals surface area contributed by atoms with E-state index >= 15 is 0 Å². The summed E-state index contributed by atoms with van der Waals surface area (Å²) in [5, 5.41) is 21.9. The highest BCUT2D eigenvalue weighted by molar-refractivity contribution is 6.46. The third kappa shape index (κ3) is 3.73. The van der Waals surface area contributed by atoms with Gasteiger partial charge in [-0.2, -0.15) is 0 Å². The Labute approximate surface area is 312 Å². The summed E-state index contributed by atoms with van der Waals surface area (Å²) in [5.74, 6) is -3.18. The number of aliphatic carboxylic acids is 1. The van der Waals surface area contributed by atoms with Gasteiger partial charge in [-0.1, -0.05) is 93.2 Å². The van der Waals surface area contributed by atoms with Crippen LogP contribution in [0.2, 0.25) is 0 Å². The number of carboxylic acid groups (broad SMARTS) is 1. The van der Waals surface area contributed by atoms with E-state index in [-0.39, 0.29) is 17.7 Å². The number of nitrogens with zero attached hydrogens (tertiary/aromatic N) is 2. The van der Waals surface area contributed by atoms with Crippen molar-refractivity contribution in [3.8, 4) is 0 Å². The average Bonchev–Trinajstić information content (AvgIpc) is 3.19. The van der Waals surface area contributed by atoms with E-state index < -0.39 is 24.3 Å². The molecule has 2 aliphatic rings. The Balaban J connectivity index is 1.19. The number of rotatable bonds is 5. The smallest absolute Gasteiger partial charge is 0.323 e. The Morgan fingerprint density at radius 2 is 0.927 bits per heavy atom. The molecule has 55 heavy (non-hydrogen) atoms. The lowest BCUT2D eigenvalue weighted by Gasteiger charge is -2.31. The van der Waals surface area contributed by atoms with Crippen LogP contribution in [0.5, 0.6) is 0 Å². The lowest BCUT2D eigenvalue weighted by Crippen LogP contribution is -2.43. The first-order valence-corrected chi connectivity index (χ1v) is 18.1. The molecule has 2 aliphatic heterocycles. The topological polar surface area (TPSA) is 112 Å². The van der Waals surface area contributed by atoms with Crippen LogP contribution in [-0.2, 0) is 4.79 Å². The van der Waals surface area contributed by atoms with E-state index in [2.05, 4.69) is 30.8 Å². The second-order valence-corrected chi connectivity index (χ2v) is 14.9. The molecular formula is C47H28N2O6. The van der Waals surface area contributed by atoms with Gasteiger partial charge in [0.15, 0.2) is 0 Å². The molecule has 9 aromatic carbocycles. The van der Waals surface area contributed by atoms with Gasteiger partial charge in [0.05, 0.1) is 5.69 Å². The lowest BCUT2D eigenvalue weighted by atomic mass is 9.80. The number of carboxylic acids is 1. The van der Waals surface area contributed by atoms with Crippen molar-refractivity contribution in [2.45, 2.75) is 19.8 Å². The zero-order valence-corrected chi connectivity index (χ0v) is 29.6. The van der Waals surface area contributed by atoms with E-state index in [4.69, 9.17) is 0 Å². The number of amides is 4. The van der Waals surface area contributed by atoms with Crippen molar-refractivity contribution < 1.29 is 29.1 Å². The van der Waals surface area contributed by atoms with Gasteiger partial charge in [-0.25, -0.2) is 4.90 Å². The van der Waals surface area contributed by atoms with Crippen molar-refractivity contribution in [1.29, 1.82) is 0 Å². The fourth-order valence-corrected chi connectivity index (χ4v) is 9.66. The van der Waals surface area contributed by atoms with Crippen LogP contribution in [0.25, 0.3) is 81.5 Å². The third-order valence-corrected chi connectivity index (χ3v) is 11.9. The molecule has 11 rings (SSSR count). The number of para-hydroxylation sites is 1. The lowest BCUT2D eigenvalue weighted by molar-refractivity contribution is -0.137. The summed E-state index contributed by atoms with van der Waals surface area (Å²) in [6, 6.07) is 28.9. The van der Waals surface area contributed by atoms with E-state index in [0.29, 0.717) is 38.7 Å². The number of fused-ring (bicyclic) bond motifs is 4. The van der Waals surface area contributed by atoms with Gasteiger partial charge in [0, 0.05) is 33.0 Å². The predicted octanol–water partition coefficient (Wildman–Crippen LogP) is 9.88. The van der Waals surface area contributed by atoms with Gasteiger partial charge in [0.25, 0.3) is 23.6 Å². The van der Waals surface area contributed by atoms with Gasteiger partial charge in [-0.15, -0.1) is 0 Å². The minimum atomic E-state index is -1.26. The van der Waals surface area contributed by atoms with Crippen LogP contribution in [0.4, 0.5) is 5.69 Å². The van der Waals surface area contributed by atoms with E-state index in [9.17, 15) is 29.1 Å². The number of carbonyl (C=O) groups is 5. The van der Waals surface area contributed by atoms with Crippen LogP contribution in [0, 0.1) is 0 Å². The van der Waals surface area contributed by atoms with Crippen molar-refractivity contribution in [2.24, 2.45) is 0 Å². The first-order valence-electron chi connectivity index (χ1n) is 18.1. The molecule has 9 aromatic rings. The molecule has 0 saturated carbocycles. The van der Waals surface area contributed by atoms with Crippen molar-refractivity contribution >= 4 is 117 Å². The molecule has 8 nitrogen and oxygen atoms in total. The molecule has 1 N–H and O–H groups in total. The van der Waals surface area contributed by atoms with E-state index in [1.165, 1.54) is 4.90 Å². The molecule has 0 unspecified atom stereocenters. The Morgan fingerprint density at radius 3 is 1.29 bits per heavy atom. The van der Waals surface area contributed by atoms with Gasteiger partial charge >= 0.3 is 5.97 Å². The highest BCUT2D eigenvalue weighted by Crippen LogP contribution is 2.50. The summed E-state index contributed by atoms with van der Waals surface area (Å²) in [4.78, 5) is 69.8. The number of benzene rings is 9. The van der Waals surface area contributed by atoms with E-state index in [0.717, 1.165) is 80.7 Å². The van der Waals surface area contributed by atoms with E-state index in [1.807, 2.05) is 68.4 Å². The van der Waals surface area contributed by atoms with Gasteiger partial charge < -0.3 is 5.11 Å². The third-order valence-electron chi connectivity index (χ3n) is 11.9. The predicted molar refractivity (Wildman–Crippen MR) is 216 cm³/mol. The van der Waals surface area contributed by atoms with Crippen LogP contribution < -0.4 is 4.90 Å². The quantitative estimate of drug-likeness (QED) is 0.108. The minimum Gasteiger partial charge on any atom is -0.480 e. The highest BCUT2D eigenvalue weighted by atomic mass is 16.4. The molecule has 0 bridgehead atoms. The summed E-state index contributed by atoms with van der Waals surface area (Å²) >= 11 is 0. The first-order chi connectivity index (χ1) is 26.6. The van der Waals surface area contributed by atoms with E-state index in [1.54, 1.807) is 18.2 Å². The summed E-state index contributed by atoms with van der Waals surface area (Å²) in [5.41, 5.74) is 3.72. The average molecular weight is 717 g/mol. The molecule has 0 radical (unpaired) electrons. The van der Waals surface area contributed by atoms with Crippen molar-refractivity contribution in [1.82, 2.24) is 4.90 Å². The van der Waals surface area contributed by atoms with Crippen molar-refractivity contribution in [3.05, 3.63) is 131 Å². The first kappa shape index (κ1) is 31.3. The van der Waals surface area contributed by atoms with Crippen molar-refractivity contribution in [3.63, 3.8) is 0 Å². The van der Waals surface area contributed by atoms with Crippen LogP contribution in [-0.4, -0.2) is 46.1 Å². The zero-order chi connectivity index (χ0) is 37.8. The Morgan fingerprint density at radius 1 is 0.564 bits per heavy atom. The number of anilines is 1. The summed E-state index contributed by atoms with van der Waals surface area (Å²) < 4.78 is 0. The maximum atomic E-state index is 14.5. The number of hydrogen-bond donors (Lipinski definition) is 1. The van der Waals surface area contributed by atoms with Crippen LogP contribution in [0.3, 0.4) is 0 Å². The maximum Gasteiger partial charge on any atom is 0.323 e. The van der Waals surface area contributed by atoms with Gasteiger partial charge in [0.2, 0.25) is 0 Å². The summed E-state index contributed by atoms with van der Waals surface area (Å²) in [6.45, 7) is 7.36. The largest absolute Gasteiger partial charge is 0.480 e. The minimum absolute atomic E-state index is 0.0601. The fraction of sp³-hybridized carbons (Fsp3) is 0.0851. The summed E-state index contributed by atoms with van der Waals surface area (Å²) in [7, 11) is 0. The van der Waals surface area contributed by atoms with Crippen LogP contribution in [0.1, 0.15) is 72.3 Å². The van der Waals surface area contributed by atoms with Gasteiger partial charge in [-0.05, 0) is 106 Å². The standard InChI is InChI=1S/C47H28N2O6/c1-4-22-6-5-7-23(21(2)3)43(22)49-46(54)34-18-14-30-26-10-8-24-28-12-16-32-41-33(45(53)48(44(32)52)20-36(50)51)17-13-29(39(28)41)25-9-11-27(38(26)37(24)25)31-15-19-35(47(49)55)42(34)40(30)31/h4-19,21H,1,20H2,2-3H3,(H,50,51). The molecule has 0 atom stereocenters. The molecule has 0 saturated heterocycles. The van der Waals surface area contributed by atoms with Gasteiger partial charge in [-0.3, -0.25) is 28.9 Å². The SMILES string of the molecule is C=Cc1cccc(C(C)C)c1N1C(=O)c2ccc3c4ccc5c6ccc7c8c(ccc(c9ccc(c%10ccc(c2c3%10)C1=O)c4c59)c86)C(=O)N(CC(=O)O)C7=O. The molecular weight excluding hydrogens is 689 g/mol. The molecule has 0 spiro atoms. The molecule has 2 heterocycles. The number of imide groups is 2. The Hall–Kier alpha value is -7.19. The normalized spacial score (nSPS) is 14.5. The fourth-order valence-electron chi connectivity index (χ4n) is 9.66. The molecule has 8 heteroatoms. The number of hydrogen-bond acceptors (Lipinski definition) is 5. The molecule has 0 fully saturated rings. The second kappa shape index (κ2) is 10.5. The Kier molecular flexibility index (Phi) is 5.97. The van der Waals surface area contributed by atoms with Crippen LogP contribution in [0.15, 0.2) is 97.6 Å². The Bertz CT molecular complexity index is 3190. The van der Waals surface area contributed by atoms with Gasteiger partial charge in [0.1, 0.15) is 6.54 Å². The molecule has 0 aromatic heterocycles. The monoisotopic (exact) mass is 716 g/mol. The molecule has 262 valence electrons. The zero-order valence-electron chi connectivity index (χ0n) is 29.6. The maximum absolute atomic E-state index is 14.5.